The molecule has 2 aromatic rings. The number of para-hydroxylation sites is 1. The van der Waals surface area contributed by atoms with E-state index in [1.807, 2.05) is 0 Å². The van der Waals surface area contributed by atoms with Crippen LogP contribution in [0.1, 0.15) is 61.1 Å². The van der Waals surface area contributed by atoms with Crippen LogP contribution in [0.2, 0.25) is 0 Å². The molecular weight excluding hydrogens is 378 g/mol. The van der Waals surface area contributed by atoms with Gasteiger partial charge in [-0.15, -0.1) is 10.2 Å². The summed E-state index contributed by atoms with van der Waals surface area (Å²) in [4.78, 5) is 24.4. The molecule has 8 nitrogen and oxygen atoms in total. The minimum absolute atomic E-state index is 0.108. The standard InChI is InChI=1S/C19H25N5O3S/c1-2-27-18(26)14-10-6-7-11-15(14)21-16(25)12-28-19-23-22-17(24(19)20)13-8-4-3-5-9-13/h6-7,10-11,13H,2-5,8-9,12,20H2,1H3,(H,21,25). The summed E-state index contributed by atoms with van der Waals surface area (Å²) in [6.07, 6.45) is 5.77. The second kappa shape index (κ2) is 9.59. The maximum absolute atomic E-state index is 12.4. The number of nitrogens with one attached hydrogen (secondary N) is 1. The Morgan fingerprint density at radius 1 is 1.25 bits per heavy atom. The number of nitrogens with two attached hydrogens (primary N) is 1. The van der Waals surface area contributed by atoms with Gasteiger partial charge in [0, 0.05) is 5.92 Å². The number of esters is 1. The van der Waals surface area contributed by atoms with Gasteiger partial charge in [0.2, 0.25) is 11.1 Å². The summed E-state index contributed by atoms with van der Waals surface area (Å²) >= 11 is 1.22. The van der Waals surface area contributed by atoms with Crippen LogP contribution in [-0.4, -0.2) is 39.1 Å². The van der Waals surface area contributed by atoms with E-state index in [0.29, 0.717) is 22.3 Å². The molecule has 0 atom stereocenters. The van der Waals surface area contributed by atoms with E-state index in [-0.39, 0.29) is 18.3 Å². The van der Waals surface area contributed by atoms with Crippen LogP contribution >= 0.6 is 11.8 Å². The number of aromatic nitrogens is 3. The summed E-state index contributed by atoms with van der Waals surface area (Å²) in [7, 11) is 0. The van der Waals surface area contributed by atoms with E-state index in [1.54, 1.807) is 31.2 Å². The maximum atomic E-state index is 12.4. The topological polar surface area (TPSA) is 112 Å². The summed E-state index contributed by atoms with van der Waals surface area (Å²) in [6, 6.07) is 6.76. The van der Waals surface area contributed by atoms with Crippen LogP contribution in [0.15, 0.2) is 29.4 Å². The molecule has 1 saturated carbocycles. The molecule has 0 unspecified atom stereocenters. The number of ether oxygens (including phenoxy) is 1. The molecule has 1 aliphatic rings. The molecule has 1 aromatic heterocycles. The Kier molecular flexibility index (Phi) is 6.91. The Labute approximate surface area is 168 Å². The Morgan fingerprint density at radius 2 is 2.00 bits per heavy atom. The van der Waals surface area contributed by atoms with Gasteiger partial charge in [0.1, 0.15) is 0 Å². The van der Waals surface area contributed by atoms with Crippen LogP contribution in [0.5, 0.6) is 0 Å². The summed E-state index contributed by atoms with van der Waals surface area (Å²) < 4.78 is 6.52. The first kappa shape index (κ1) is 20.2. The minimum atomic E-state index is -0.468. The van der Waals surface area contributed by atoms with E-state index < -0.39 is 5.97 Å². The lowest BCUT2D eigenvalue weighted by molar-refractivity contribution is -0.113. The van der Waals surface area contributed by atoms with E-state index in [9.17, 15) is 9.59 Å². The first-order chi connectivity index (χ1) is 13.6. The number of rotatable bonds is 7. The fraction of sp³-hybridized carbons (Fsp3) is 0.474. The zero-order chi connectivity index (χ0) is 19.9. The number of nitrogens with zero attached hydrogens (tertiary/aromatic N) is 3. The average Bonchev–Trinajstić information content (AvgIpc) is 3.08. The van der Waals surface area contributed by atoms with Gasteiger partial charge in [-0.05, 0) is 31.9 Å². The number of carbonyl (C=O) groups is 2. The van der Waals surface area contributed by atoms with Crippen molar-refractivity contribution in [3.8, 4) is 0 Å². The Morgan fingerprint density at radius 3 is 2.75 bits per heavy atom. The van der Waals surface area contributed by atoms with Gasteiger partial charge in [-0.3, -0.25) is 4.79 Å². The molecule has 0 radical (unpaired) electrons. The number of amides is 1. The minimum Gasteiger partial charge on any atom is -0.462 e. The van der Waals surface area contributed by atoms with Crippen LogP contribution in [0.4, 0.5) is 5.69 Å². The van der Waals surface area contributed by atoms with Crippen molar-refractivity contribution in [2.45, 2.75) is 50.1 Å². The third-order valence-corrected chi connectivity index (χ3v) is 5.63. The monoisotopic (exact) mass is 403 g/mol. The van der Waals surface area contributed by atoms with Gasteiger partial charge in [0.25, 0.3) is 0 Å². The van der Waals surface area contributed by atoms with Gasteiger partial charge < -0.3 is 15.9 Å². The van der Waals surface area contributed by atoms with E-state index in [2.05, 4.69) is 15.5 Å². The van der Waals surface area contributed by atoms with Crippen molar-refractivity contribution in [3.63, 3.8) is 0 Å². The maximum Gasteiger partial charge on any atom is 0.340 e. The fourth-order valence-corrected chi connectivity index (χ4v) is 3.98. The van der Waals surface area contributed by atoms with Crippen LogP contribution in [0.25, 0.3) is 0 Å². The lowest BCUT2D eigenvalue weighted by Crippen LogP contribution is -2.20. The first-order valence-corrected chi connectivity index (χ1v) is 10.5. The molecule has 1 fully saturated rings. The molecule has 1 aromatic carbocycles. The zero-order valence-corrected chi connectivity index (χ0v) is 16.7. The summed E-state index contributed by atoms with van der Waals surface area (Å²) in [5.41, 5.74) is 0.743. The summed E-state index contributed by atoms with van der Waals surface area (Å²) in [5, 5.41) is 11.6. The molecule has 0 spiro atoms. The largest absolute Gasteiger partial charge is 0.462 e. The highest BCUT2D eigenvalue weighted by Crippen LogP contribution is 2.32. The third-order valence-electron chi connectivity index (χ3n) is 4.69. The van der Waals surface area contributed by atoms with Crippen LogP contribution < -0.4 is 11.2 Å². The number of anilines is 1. The Bertz CT molecular complexity index is 833. The van der Waals surface area contributed by atoms with Crippen LogP contribution in [-0.2, 0) is 9.53 Å². The van der Waals surface area contributed by atoms with Crippen LogP contribution in [0, 0.1) is 0 Å². The molecule has 9 heteroatoms. The van der Waals surface area contributed by atoms with Gasteiger partial charge in [0.15, 0.2) is 5.82 Å². The second-order valence-corrected chi connectivity index (χ2v) is 7.59. The first-order valence-electron chi connectivity index (χ1n) is 9.49. The van der Waals surface area contributed by atoms with Gasteiger partial charge in [-0.2, -0.15) is 0 Å². The number of carbonyl (C=O) groups excluding carboxylic acids is 2. The molecule has 0 aliphatic heterocycles. The van der Waals surface area contributed by atoms with Gasteiger partial charge >= 0.3 is 5.97 Å². The van der Waals surface area contributed by atoms with Gasteiger partial charge in [-0.25, -0.2) is 9.47 Å². The highest BCUT2D eigenvalue weighted by atomic mass is 32.2. The van der Waals surface area contributed by atoms with E-state index in [4.69, 9.17) is 10.6 Å². The predicted octanol–water partition coefficient (Wildman–Crippen LogP) is 2.95. The molecule has 0 saturated heterocycles. The number of thioether (sulfide) groups is 1. The number of benzene rings is 1. The Balaban J connectivity index is 1.60. The molecular formula is C19H25N5O3S. The Hall–Kier alpha value is -2.55. The second-order valence-electron chi connectivity index (χ2n) is 6.65. The highest BCUT2D eigenvalue weighted by Gasteiger charge is 2.23. The van der Waals surface area contributed by atoms with Crippen molar-refractivity contribution in [1.82, 2.24) is 14.9 Å². The van der Waals surface area contributed by atoms with Crippen molar-refractivity contribution in [2.75, 3.05) is 23.5 Å². The molecule has 1 heterocycles. The SMILES string of the molecule is CCOC(=O)c1ccccc1NC(=O)CSc1nnc(C2CCCCC2)n1N. The van der Waals surface area contributed by atoms with Crippen molar-refractivity contribution in [3.05, 3.63) is 35.7 Å². The lowest BCUT2D eigenvalue weighted by Gasteiger charge is -2.20. The summed E-state index contributed by atoms with van der Waals surface area (Å²) in [6.45, 7) is 2.01. The van der Waals surface area contributed by atoms with Gasteiger partial charge in [0.05, 0.1) is 23.6 Å². The molecule has 0 bridgehead atoms. The molecule has 150 valence electrons. The fourth-order valence-electron chi connectivity index (χ4n) is 3.32. The summed E-state index contributed by atoms with van der Waals surface area (Å²) in [5.74, 6) is 6.65. The van der Waals surface area contributed by atoms with Crippen LogP contribution in [0.3, 0.4) is 0 Å². The van der Waals surface area contributed by atoms with E-state index >= 15 is 0 Å². The van der Waals surface area contributed by atoms with Crippen molar-refractivity contribution in [1.29, 1.82) is 0 Å². The number of hydrogen-bond donors (Lipinski definition) is 2. The normalized spacial score (nSPS) is 14.6. The number of hydrogen-bond acceptors (Lipinski definition) is 7. The van der Waals surface area contributed by atoms with E-state index in [1.165, 1.54) is 35.7 Å². The molecule has 3 N–H and O–H groups in total. The van der Waals surface area contributed by atoms with Crippen molar-refractivity contribution >= 4 is 29.3 Å². The molecule has 3 rings (SSSR count). The quantitative estimate of drug-likeness (QED) is 0.415. The smallest absolute Gasteiger partial charge is 0.340 e. The number of nitrogen functional groups attached to an aromatic ring is 1. The van der Waals surface area contributed by atoms with Crippen molar-refractivity contribution < 1.29 is 14.3 Å². The molecule has 28 heavy (non-hydrogen) atoms. The molecule has 1 aliphatic carbocycles. The predicted molar refractivity (Wildman–Crippen MR) is 108 cm³/mol. The lowest BCUT2D eigenvalue weighted by atomic mass is 9.89. The zero-order valence-electron chi connectivity index (χ0n) is 15.9. The van der Waals surface area contributed by atoms with E-state index in [0.717, 1.165) is 18.7 Å². The van der Waals surface area contributed by atoms with Gasteiger partial charge in [-0.1, -0.05) is 43.2 Å². The third kappa shape index (κ3) is 4.83. The molecule has 1 amide bonds. The highest BCUT2D eigenvalue weighted by molar-refractivity contribution is 7.99. The average molecular weight is 404 g/mol. The van der Waals surface area contributed by atoms with Crippen molar-refractivity contribution in [2.24, 2.45) is 0 Å².